The van der Waals surface area contributed by atoms with E-state index < -0.39 is 95.2 Å². The molecule has 376 valence electrons. The van der Waals surface area contributed by atoms with E-state index in [1.165, 1.54) is 20.8 Å². The first-order valence-corrected chi connectivity index (χ1v) is 24.7. The smallest absolute Gasteiger partial charge is 0.330 e. The zero-order valence-corrected chi connectivity index (χ0v) is 41.3. The number of carbonyl (C=O) groups is 1. The van der Waals surface area contributed by atoms with Crippen molar-refractivity contribution in [2.45, 2.75) is 248 Å². The second-order valence-electron chi connectivity index (χ2n) is 22.0. The van der Waals surface area contributed by atoms with Gasteiger partial charge in [-0.3, -0.25) is 0 Å². The van der Waals surface area contributed by atoms with Crippen LogP contribution in [0.1, 0.15) is 152 Å². The lowest BCUT2D eigenvalue weighted by Gasteiger charge is -2.52. The summed E-state index contributed by atoms with van der Waals surface area (Å²) >= 11 is 0. The van der Waals surface area contributed by atoms with E-state index in [0.717, 1.165) is 37.8 Å². The van der Waals surface area contributed by atoms with Gasteiger partial charge in [0, 0.05) is 49.1 Å². The van der Waals surface area contributed by atoms with Crippen LogP contribution in [0.2, 0.25) is 0 Å². The van der Waals surface area contributed by atoms with Crippen LogP contribution in [0.3, 0.4) is 0 Å². The van der Waals surface area contributed by atoms with Gasteiger partial charge in [-0.25, -0.2) is 4.79 Å². The molecule has 4 saturated heterocycles. The zero-order chi connectivity index (χ0) is 48.3. The molecule has 19 atom stereocenters. The normalized spacial score (nSPS) is 47.9. The predicted octanol–water partition coefficient (Wildman–Crippen LogP) is 5.03. The van der Waals surface area contributed by atoms with Crippen LogP contribution >= 0.6 is 0 Å². The second-order valence-corrected chi connectivity index (χ2v) is 22.0. The van der Waals surface area contributed by atoms with Crippen LogP contribution in [0.25, 0.3) is 0 Å². The maximum Gasteiger partial charge on any atom is 0.330 e. The number of aliphatic hydroxyl groups is 7. The Morgan fingerprint density at radius 2 is 1.57 bits per heavy atom. The fourth-order valence-corrected chi connectivity index (χ4v) is 11.0. The van der Waals surface area contributed by atoms with Crippen molar-refractivity contribution >= 4 is 5.97 Å². The zero-order valence-electron chi connectivity index (χ0n) is 41.3. The minimum Gasteiger partial charge on any atom is -0.459 e. The van der Waals surface area contributed by atoms with E-state index in [2.05, 4.69) is 17.9 Å². The molecule has 0 amide bonds. The summed E-state index contributed by atoms with van der Waals surface area (Å²) in [6, 6.07) is 0.127. The first-order valence-electron chi connectivity index (χ1n) is 24.7. The minimum absolute atomic E-state index is 0.0745. The van der Waals surface area contributed by atoms with E-state index in [-0.39, 0.29) is 49.3 Å². The summed E-state index contributed by atoms with van der Waals surface area (Å²) in [5.41, 5.74) is -4.44. The van der Waals surface area contributed by atoms with Crippen LogP contribution in [0, 0.1) is 23.7 Å². The SMILES string of the molecule is CCC(O)CC1OC2(CCC1C)CC1OC(=O)/C=C/C(C)(O)C(O)C(C)C(O)C(OC3CCC(N(C)C)C(C)O3)C(O)C(C)(O)CCCCC/C=C/C3CC(C)(C)OC3(O)CC(O2)C1C. The van der Waals surface area contributed by atoms with Gasteiger partial charge in [0.15, 0.2) is 17.9 Å². The van der Waals surface area contributed by atoms with E-state index in [4.69, 9.17) is 28.4 Å². The molecule has 0 radical (unpaired) electrons. The molecule has 7 N–H and O–H groups in total. The molecule has 5 aliphatic heterocycles. The summed E-state index contributed by atoms with van der Waals surface area (Å²) in [6.45, 7) is 16.1. The molecule has 5 rings (SSSR count). The fourth-order valence-electron chi connectivity index (χ4n) is 11.0. The third-order valence-electron chi connectivity index (χ3n) is 15.5. The molecule has 4 fully saturated rings. The lowest BCUT2D eigenvalue weighted by molar-refractivity contribution is -0.358. The number of ether oxygens (including phenoxy) is 6. The number of allylic oxidation sites excluding steroid dienone is 1. The number of esters is 1. The van der Waals surface area contributed by atoms with Gasteiger partial charge in [0.05, 0.1) is 47.8 Å². The van der Waals surface area contributed by atoms with Crippen molar-refractivity contribution in [1.82, 2.24) is 4.90 Å². The Balaban J connectivity index is 1.46. The average Bonchev–Trinajstić information content (AvgIpc) is 3.46. The average molecular weight is 926 g/mol. The predicted molar refractivity (Wildman–Crippen MR) is 244 cm³/mol. The van der Waals surface area contributed by atoms with Gasteiger partial charge in [0.2, 0.25) is 0 Å². The number of rotatable bonds is 6. The maximum absolute atomic E-state index is 13.8. The summed E-state index contributed by atoms with van der Waals surface area (Å²) < 4.78 is 38.9. The standard InChI is InChI=1S/C50H87NO14/c1-12-35(52)26-37-30(2)21-25-49(63-37)28-38-31(3)39(64-49)29-50(59)34(27-46(6,7)65-50)18-16-14-13-15-17-23-47(8,57)45(56)43(62-41-20-19-36(51(10)11)33(5)60-41)42(54)32(4)44(55)48(9,58)24-22-40(53)61-38/h16,18,22,24,30-39,41-45,52,54-59H,12-15,17,19-21,23,25-29H2,1-11H3/b18-16+,24-22+. The molecule has 5 aliphatic rings. The van der Waals surface area contributed by atoms with Crippen molar-refractivity contribution in [2.75, 3.05) is 14.1 Å². The van der Waals surface area contributed by atoms with Gasteiger partial charge < -0.3 is 69.1 Å². The fraction of sp³-hybridized carbons (Fsp3) is 0.900. The lowest BCUT2D eigenvalue weighted by Crippen LogP contribution is -2.59. The Bertz CT molecular complexity index is 1590. The number of nitrogens with zero attached hydrogens (tertiary/aromatic N) is 1. The number of hydrogen-bond acceptors (Lipinski definition) is 15. The highest BCUT2D eigenvalue weighted by Crippen LogP contribution is 2.50. The Morgan fingerprint density at radius 1 is 0.862 bits per heavy atom. The quantitative estimate of drug-likeness (QED) is 0.137. The molecule has 19 unspecified atom stereocenters. The topological polar surface area (TPSA) is 217 Å². The van der Waals surface area contributed by atoms with Crippen molar-refractivity contribution in [3.05, 3.63) is 24.3 Å². The van der Waals surface area contributed by atoms with Crippen LogP contribution in [0.4, 0.5) is 0 Å². The summed E-state index contributed by atoms with van der Waals surface area (Å²) in [5, 5.41) is 82.0. The van der Waals surface area contributed by atoms with Crippen molar-refractivity contribution in [2.24, 2.45) is 23.7 Å². The molecule has 0 aromatic heterocycles. The highest BCUT2D eigenvalue weighted by Gasteiger charge is 2.57. The molecule has 2 bridgehead atoms. The van der Waals surface area contributed by atoms with Crippen LogP contribution in [0.15, 0.2) is 24.3 Å². The Kier molecular flexibility index (Phi) is 18.4. The number of aliphatic hydroxyl groups excluding tert-OH is 4. The number of hydrogen-bond donors (Lipinski definition) is 7. The maximum atomic E-state index is 13.8. The van der Waals surface area contributed by atoms with Crippen molar-refractivity contribution < 1.29 is 69.0 Å². The monoisotopic (exact) mass is 926 g/mol. The van der Waals surface area contributed by atoms with Gasteiger partial charge in [-0.1, -0.05) is 52.7 Å². The van der Waals surface area contributed by atoms with Crippen LogP contribution in [-0.4, -0.2) is 156 Å². The number of fused-ring (bicyclic) bond motifs is 3. The van der Waals surface area contributed by atoms with Gasteiger partial charge in [-0.05, 0) is 118 Å². The van der Waals surface area contributed by atoms with E-state index >= 15 is 0 Å². The number of likely N-dealkylation sites (N-methyl/N-ethyl adjacent to an activating group) is 1. The van der Waals surface area contributed by atoms with E-state index in [1.54, 1.807) is 0 Å². The first kappa shape index (κ1) is 54.4. The van der Waals surface area contributed by atoms with Crippen molar-refractivity contribution in [1.29, 1.82) is 0 Å². The molecule has 1 spiro atoms. The van der Waals surface area contributed by atoms with Gasteiger partial charge >= 0.3 is 5.97 Å². The molecule has 0 saturated carbocycles. The van der Waals surface area contributed by atoms with Gasteiger partial charge in [-0.15, -0.1) is 0 Å². The van der Waals surface area contributed by atoms with Gasteiger partial charge in [-0.2, -0.15) is 0 Å². The molecular formula is C50H87NO14. The Hall–Kier alpha value is -1.57. The van der Waals surface area contributed by atoms with Crippen LogP contribution < -0.4 is 0 Å². The van der Waals surface area contributed by atoms with Gasteiger partial charge in [0.1, 0.15) is 23.9 Å². The van der Waals surface area contributed by atoms with E-state index in [9.17, 15) is 40.5 Å². The van der Waals surface area contributed by atoms with Crippen molar-refractivity contribution in [3.8, 4) is 0 Å². The third kappa shape index (κ3) is 13.6. The van der Waals surface area contributed by atoms with Gasteiger partial charge in [0.25, 0.3) is 0 Å². The highest BCUT2D eigenvalue weighted by molar-refractivity contribution is 5.82. The highest BCUT2D eigenvalue weighted by atomic mass is 16.7. The molecule has 15 heteroatoms. The molecule has 0 aromatic rings. The first-order chi connectivity index (χ1) is 30.2. The Morgan fingerprint density at radius 3 is 2.23 bits per heavy atom. The molecule has 65 heavy (non-hydrogen) atoms. The molecule has 0 aromatic carbocycles. The molecular weight excluding hydrogens is 839 g/mol. The summed E-state index contributed by atoms with van der Waals surface area (Å²) in [7, 11) is 3.94. The van der Waals surface area contributed by atoms with E-state index in [0.29, 0.717) is 44.9 Å². The molecule has 15 nitrogen and oxygen atoms in total. The summed E-state index contributed by atoms with van der Waals surface area (Å²) in [4.78, 5) is 15.9. The molecule has 5 heterocycles. The molecule has 0 aliphatic carbocycles. The summed E-state index contributed by atoms with van der Waals surface area (Å²) in [5.74, 6) is -5.39. The van der Waals surface area contributed by atoms with E-state index in [1.807, 2.05) is 54.8 Å². The van der Waals surface area contributed by atoms with Crippen LogP contribution in [-0.2, 0) is 33.2 Å². The minimum atomic E-state index is -2.08. The number of carbonyl (C=O) groups excluding carboxylic acids is 1. The summed E-state index contributed by atoms with van der Waals surface area (Å²) in [6.07, 6.45) is 3.78. The lowest BCUT2D eigenvalue weighted by atomic mass is 9.79. The third-order valence-corrected chi connectivity index (χ3v) is 15.5. The van der Waals surface area contributed by atoms with Crippen molar-refractivity contribution in [3.63, 3.8) is 0 Å². The largest absolute Gasteiger partial charge is 0.459 e. The Labute approximate surface area is 388 Å². The second kappa shape index (κ2) is 22.0. The van der Waals surface area contributed by atoms with Crippen LogP contribution in [0.5, 0.6) is 0 Å².